The summed E-state index contributed by atoms with van der Waals surface area (Å²) in [6, 6.07) is 0. The van der Waals surface area contributed by atoms with Crippen LogP contribution in [0.5, 0.6) is 0 Å². The van der Waals surface area contributed by atoms with Gasteiger partial charge in [0.25, 0.3) is 0 Å². The molecule has 3 heteroatoms. The molecule has 1 N–H and O–H groups in total. The molecule has 3 nitrogen and oxygen atoms in total. The van der Waals surface area contributed by atoms with Gasteiger partial charge in [-0.15, -0.1) is 0 Å². The first-order chi connectivity index (χ1) is 15.8. The molecule has 0 aromatic carbocycles. The molecule has 0 bridgehead atoms. The molecule has 34 heavy (non-hydrogen) atoms. The van der Waals surface area contributed by atoms with E-state index in [-0.39, 0.29) is 34.2 Å². The lowest BCUT2D eigenvalue weighted by Crippen LogP contribution is -2.67. The largest absolute Gasteiger partial charge is 0.458 e. The van der Waals surface area contributed by atoms with Gasteiger partial charge in [-0.25, -0.2) is 0 Å². The maximum atomic E-state index is 11.8. The molecular weight excluding hydrogens is 420 g/mol. The van der Waals surface area contributed by atoms with Crippen LogP contribution < -0.4 is 0 Å². The normalized spacial score (nSPS) is 54.3. The molecule has 5 saturated carbocycles. The van der Waals surface area contributed by atoms with E-state index in [0.717, 1.165) is 36.7 Å². The molecule has 0 saturated heterocycles. The van der Waals surface area contributed by atoms with Gasteiger partial charge in [-0.05, 0) is 116 Å². The Balaban J connectivity index is 1.50. The van der Waals surface area contributed by atoms with E-state index in [1.54, 1.807) is 0 Å². The number of aliphatic hydroxyl groups is 1. The Labute approximate surface area is 207 Å². The molecule has 0 unspecified atom stereocenters. The Morgan fingerprint density at radius 3 is 2.15 bits per heavy atom. The number of hydrogen-bond donors (Lipinski definition) is 1. The average Bonchev–Trinajstić information content (AvgIpc) is 3.08. The fraction of sp³-hybridized carbons (Fsp3) is 0.839. The van der Waals surface area contributed by atoms with Gasteiger partial charge in [0, 0.05) is 12.8 Å². The fourth-order valence-electron chi connectivity index (χ4n) is 11.4. The van der Waals surface area contributed by atoms with Crippen LogP contribution in [0, 0.1) is 51.2 Å². The lowest BCUT2D eigenvalue weighted by atomic mass is 9.32. The van der Waals surface area contributed by atoms with Gasteiger partial charge in [0.2, 0.25) is 0 Å². The fourth-order valence-corrected chi connectivity index (χ4v) is 11.4. The summed E-state index contributed by atoms with van der Waals surface area (Å²) >= 11 is 0. The molecule has 5 rings (SSSR count). The number of esters is 1. The summed E-state index contributed by atoms with van der Waals surface area (Å²) in [7, 11) is 0. The molecule has 5 aliphatic rings. The Bertz CT molecular complexity index is 906. The van der Waals surface area contributed by atoms with Crippen molar-refractivity contribution in [3.63, 3.8) is 0 Å². The third-order valence-corrected chi connectivity index (χ3v) is 12.9. The number of allylic oxidation sites excluding steroid dienone is 1. The number of fused-ring (bicyclic) bond motifs is 7. The van der Waals surface area contributed by atoms with Crippen molar-refractivity contribution < 1.29 is 14.6 Å². The first kappa shape index (κ1) is 24.6. The van der Waals surface area contributed by atoms with Crippen molar-refractivity contribution in [3.8, 4) is 0 Å². The van der Waals surface area contributed by atoms with Crippen molar-refractivity contribution in [2.75, 3.05) is 0 Å². The topological polar surface area (TPSA) is 46.5 Å². The summed E-state index contributed by atoms with van der Waals surface area (Å²) in [5.74, 6) is 2.54. The van der Waals surface area contributed by atoms with Gasteiger partial charge in [-0.1, -0.05) is 46.4 Å². The molecule has 0 amide bonds. The van der Waals surface area contributed by atoms with Crippen molar-refractivity contribution in [3.05, 3.63) is 24.3 Å². The minimum Gasteiger partial charge on any atom is -0.458 e. The van der Waals surface area contributed by atoms with Crippen molar-refractivity contribution >= 4 is 5.97 Å². The van der Waals surface area contributed by atoms with Crippen LogP contribution in [0.1, 0.15) is 99.3 Å². The van der Waals surface area contributed by atoms with Crippen molar-refractivity contribution in [1.29, 1.82) is 0 Å². The summed E-state index contributed by atoms with van der Waals surface area (Å²) in [5, 5.41) is 11.8. The van der Waals surface area contributed by atoms with E-state index in [9.17, 15) is 9.90 Å². The molecule has 0 spiro atoms. The maximum Gasteiger partial charge on any atom is 0.303 e. The van der Waals surface area contributed by atoms with Gasteiger partial charge >= 0.3 is 5.97 Å². The highest BCUT2D eigenvalue weighted by Crippen LogP contribution is 2.77. The van der Waals surface area contributed by atoms with Crippen molar-refractivity contribution in [1.82, 2.24) is 0 Å². The number of carbonyl (C=O) groups excluding carboxylic acids is 1. The van der Waals surface area contributed by atoms with E-state index in [2.05, 4.69) is 47.8 Å². The second-order valence-electron chi connectivity index (χ2n) is 14.1. The zero-order valence-corrected chi connectivity index (χ0v) is 22.6. The highest BCUT2D eigenvalue weighted by molar-refractivity contribution is 5.66. The van der Waals surface area contributed by atoms with Gasteiger partial charge in [-0.3, -0.25) is 4.79 Å². The second-order valence-corrected chi connectivity index (χ2v) is 14.1. The Morgan fingerprint density at radius 1 is 0.912 bits per heavy atom. The number of carbonyl (C=O) groups is 1. The monoisotopic (exact) mass is 468 g/mol. The molecule has 0 aliphatic heterocycles. The van der Waals surface area contributed by atoms with Crippen LogP contribution in [-0.2, 0) is 9.53 Å². The van der Waals surface area contributed by atoms with Gasteiger partial charge in [-0.2, -0.15) is 0 Å². The van der Waals surface area contributed by atoms with Gasteiger partial charge in [0.15, 0.2) is 0 Å². The number of hydrogen-bond acceptors (Lipinski definition) is 3. The van der Waals surface area contributed by atoms with Crippen LogP contribution in [0.2, 0.25) is 0 Å². The number of aliphatic hydroxyl groups excluding tert-OH is 1. The number of rotatable bonds is 2. The van der Waals surface area contributed by atoms with Crippen molar-refractivity contribution in [2.24, 2.45) is 51.2 Å². The smallest absolute Gasteiger partial charge is 0.303 e. The quantitative estimate of drug-likeness (QED) is 0.347. The Kier molecular flexibility index (Phi) is 5.57. The summed E-state index contributed by atoms with van der Waals surface area (Å²) in [6.45, 7) is 22.7. The SMILES string of the molecule is C=C1[C@@H](OC(C)=O)CC[C@@]2(C)[C@H]1[C@H](O)C[C@]1(C)[C@@H]2CC[C@@H]2[C@@]3(C)CC[C@@H](C(=C)C)[C@@H]3CC[C@]21C. The minimum absolute atomic E-state index is 0.0157. The third-order valence-electron chi connectivity index (χ3n) is 12.9. The number of ether oxygens (including phenoxy) is 1. The molecule has 5 aliphatic carbocycles. The van der Waals surface area contributed by atoms with E-state index >= 15 is 0 Å². The Hall–Kier alpha value is -1.09. The van der Waals surface area contributed by atoms with E-state index < -0.39 is 6.10 Å². The molecular formula is C31H48O3. The summed E-state index contributed by atoms with van der Waals surface area (Å²) in [4.78, 5) is 11.7. The van der Waals surface area contributed by atoms with E-state index in [1.165, 1.54) is 51.0 Å². The van der Waals surface area contributed by atoms with Crippen LogP contribution in [0.25, 0.3) is 0 Å². The minimum atomic E-state index is -0.412. The summed E-state index contributed by atoms with van der Waals surface area (Å²) in [6.07, 6.45) is 9.82. The van der Waals surface area contributed by atoms with E-state index in [1.807, 2.05) is 0 Å². The molecule has 0 aromatic rings. The lowest BCUT2D eigenvalue weighted by Gasteiger charge is -2.72. The molecule has 190 valence electrons. The first-order valence-electron chi connectivity index (χ1n) is 14.0. The van der Waals surface area contributed by atoms with Crippen LogP contribution >= 0.6 is 0 Å². The zero-order valence-electron chi connectivity index (χ0n) is 22.6. The van der Waals surface area contributed by atoms with Gasteiger partial charge < -0.3 is 9.84 Å². The summed E-state index contributed by atoms with van der Waals surface area (Å²) < 4.78 is 5.65. The van der Waals surface area contributed by atoms with Crippen molar-refractivity contribution in [2.45, 2.75) is 112 Å². The standard InChI is InChI=1S/C31H48O3/c1-18(2)21-11-14-28(5)22(21)12-16-30(7)25(28)9-10-26-29(6)15-13-24(34-20(4)32)19(3)27(29)23(33)17-31(26,30)8/h21-27,33H,1,3,9-17H2,2,4-8H3/t21-,22-,23+,24-,25+,26+,27+,28-,29+,30+,31+/m0/s1. The van der Waals surface area contributed by atoms with Crippen LogP contribution in [-0.4, -0.2) is 23.3 Å². The highest BCUT2D eigenvalue weighted by Gasteiger charge is 2.71. The highest BCUT2D eigenvalue weighted by atomic mass is 16.5. The van der Waals surface area contributed by atoms with Gasteiger partial charge in [0.05, 0.1) is 6.10 Å². The van der Waals surface area contributed by atoms with E-state index in [4.69, 9.17) is 4.74 Å². The average molecular weight is 469 g/mol. The van der Waals surface area contributed by atoms with Crippen LogP contribution in [0.4, 0.5) is 0 Å². The molecule has 0 aromatic heterocycles. The molecule has 11 atom stereocenters. The van der Waals surface area contributed by atoms with Crippen LogP contribution in [0.3, 0.4) is 0 Å². The maximum absolute atomic E-state index is 11.8. The predicted molar refractivity (Wildman–Crippen MR) is 137 cm³/mol. The van der Waals surface area contributed by atoms with Crippen LogP contribution in [0.15, 0.2) is 24.3 Å². The third kappa shape index (κ3) is 3.01. The molecule has 0 radical (unpaired) electrons. The Morgan fingerprint density at radius 2 is 1.53 bits per heavy atom. The lowest BCUT2D eigenvalue weighted by molar-refractivity contribution is -0.247. The molecule has 0 heterocycles. The predicted octanol–water partition coefficient (Wildman–Crippen LogP) is 7.10. The van der Waals surface area contributed by atoms with Gasteiger partial charge in [0.1, 0.15) is 6.10 Å². The second kappa shape index (κ2) is 7.70. The first-order valence-corrected chi connectivity index (χ1v) is 14.0. The summed E-state index contributed by atoms with van der Waals surface area (Å²) in [5.41, 5.74) is 3.12. The zero-order chi connectivity index (χ0) is 24.8. The molecule has 5 fully saturated rings. The van der Waals surface area contributed by atoms with E-state index in [0.29, 0.717) is 17.3 Å².